The van der Waals surface area contributed by atoms with E-state index in [2.05, 4.69) is 15.8 Å². The maximum absolute atomic E-state index is 12.1. The Hall–Kier alpha value is -3.35. The highest BCUT2D eigenvalue weighted by Gasteiger charge is 2.08. The quantitative estimate of drug-likeness (QED) is 0.515. The minimum Gasteiger partial charge on any atom is -0.504 e. The smallest absolute Gasteiger partial charge is 0.271 e. The predicted octanol–water partition coefficient (Wildman–Crippen LogP) is 3.15. The van der Waals surface area contributed by atoms with Crippen molar-refractivity contribution in [2.75, 3.05) is 11.9 Å². The molecule has 0 atom stereocenters. The van der Waals surface area contributed by atoms with Crippen LogP contribution >= 0.6 is 0 Å². The number of hydrazone groups is 1. The van der Waals surface area contributed by atoms with Crippen LogP contribution in [0, 0.1) is 5.92 Å². The van der Waals surface area contributed by atoms with Crippen molar-refractivity contribution in [3.8, 4) is 11.5 Å². The summed E-state index contributed by atoms with van der Waals surface area (Å²) in [5.41, 5.74) is 4.14. The van der Waals surface area contributed by atoms with Crippen LogP contribution in [0.3, 0.4) is 0 Å². The molecule has 3 N–H and O–H groups in total. The lowest BCUT2D eigenvalue weighted by Gasteiger charge is -2.08. The topological polar surface area (TPSA) is 100 Å². The Labute approximate surface area is 158 Å². The van der Waals surface area contributed by atoms with E-state index in [1.807, 2.05) is 6.92 Å². The van der Waals surface area contributed by atoms with Crippen molar-refractivity contribution < 1.29 is 19.4 Å². The van der Waals surface area contributed by atoms with Gasteiger partial charge < -0.3 is 15.2 Å². The second kappa shape index (κ2) is 9.38. The van der Waals surface area contributed by atoms with E-state index in [9.17, 15) is 14.7 Å². The fourth-order valence-corrected chi connectivity index (χ4v) is 2.10. The van der Waals surface area contributed by atoms with Gasteiger partial charge in [-0.15, -0.1) is 0 Å². The van der Waals surface area contributed by atoms with Crippen molar-refractivity contribution >= 4 is 23.7 Å². The highest BCUT2D eigenvalue weighted by atomic mass is 16.5. The molecule has 2 rings (SSSR count). The third kappa shape index (κ3) is 5.85. The molecule has 0 saturated heterocycles. The summed E-state index contributed by atoms with van der Waals surface area (Å²) in [6.45, 7) is 5.86. The number of amides is 2. The van der Waals surface area contributed by atoms with E-state index < -0.39 is 0 Å². The van der Waals surface area contributed by atoms with Gasteiger partial charge in [0.1, 0.15) is 0 Å². The van der Waals surface area contributed by atoms with Crippen molar-refractivity contribution in [3.63, 3.8) is 0 Å². The first-order valence-corrected chi connectivity index (χ1v) is 8.61. The monoisotopic (exact) mass is 369 g/mol. The van der Waals surface area contributed by atoms with Gasteiger partial charge in [-0.25, -0.2) is 5.43 Å². The molecule has 27 heavy (non-hydrogen) atoms. The van der Waals surface area contributed by atoms with E-state index in [1.54, 1.807) is 50.2 Å². The van der Waals surface area contributed by atoms with Crippen LogP contribution in [0.5, 0.6) is 11.5 Å². The number of hydrogen-bond donors (Lipinski definition) is 3. The van der Waals surface area contributed by atoms with Crippen LogP contribution in [0.4, 0.5) is 5.69 Å². The number of carbonyl (C=O) groups excluding carboxylic acids is 2. The summed E-state index contributed by atoms with van der Waals surface area (Å²) in [5, 5.41) is 16.3. The molecule has 2 aromatic rings. The molecule has 0 spiro atoms. The molecular formula is C20H23N3O4. The fourth-order valence-electron chi connectivity index (χ4n) is 2.10. The predicted molar refractivity (Wildman–Crippen MR) is 104 cm³/mol. The number of phenols is 1. The van der Waals surface area contributed by atoms with Crippen LogP contribution < -0.4 is 15.5 Å². The highest BCUT2D eigenvalue weighted by molar-refractivity contribution is 5.96. The molecule has 7 nitrogen and oxygen atoms in total. The lowest BCUT2D eigenvalue weighted by Crippen LogP contribution is -2.19. The first-order valence-electron chi connectivity index (χ1n) is 8.61. The molecule has 0 saturated carbocycles. The second-order valence-corrected chi connectivity index (χ2v) is 6.08. The molecule has 0 heterocycles. The molecule has 0 radical (unpaired) electrons. The average molecular weight is 369 g/mol. The maximum Gasteiger partial charge on any atom is 0.271 e. The Morgan fingerprint density at radius 2 is 1.89 bits per heavy atom. The number of carbonyl (C=O) groups is 2. The van der Waals surface area contributed by atoms with Crippen molar-refractivity contribution in [2.45, 2.75) is 20.8 Å². The zero-order valence-electron chi connectivity index (χ0n) is 15.5. The Balaban J connectivity index is 1.96. The Kier molecular flexibility index (Phi) is 6.93. The molecule has 0 bridgehead atoms. The summed E-state index contributed by atoms with van der Waals surface area (Å²) in [4.78, 5) is 23.8. The highest BCUT2D eigenvalue weighted by Crippen LogP contribution is 2.26. The largest absolute Gasteiger partial charge is 0.504 e. The Morgan fingerprint density at radius 3 is 2.52 bits per heavy atom. The van der Waals surface area contributed by atoms with Gasteiger partial charge >= 0.3 is 0 Å². The number of aromatic hydroxyl groups is 1. The van der Waals surface area contributed by atoms with Gasteiger partial charge in [0.05, 0.1) is 12.8 Å². The van der Waals surface area contributed by atoms with Crippen molar-refractivity contribution in [1.29, 1.82) is 0 Å². The number of nitrogens with zero attached hydrogens (tertiary/aromatic N) is 1. The summed E-state index contributed by atoms with van der Waals surface area (Å²) in [6.07, 6.45) is 1.46. The van der Waals surface area contributed by atoms with E-state index in [0.717, 1.165) is 0 Å². The number of anilines is 1. The summed E-state index contributed by atoms with van der Waals surface area (Å²) in [7, 11) is 0. The molecule has 0 aliphatic heterocycles. The fraction of sp³-hybridized carbons (Fsp3) is 0.250. The standard InChI is InChI=1S/C20H23N3O4/c1-4-27-18-11-14(5-10-17(18)24)12-21-23-20(26)15-6-8-16(9-7-15)22-19(25)13(2)3/h5-13,24H,4H2,1-3H3,(H,22,25)(H,23,26)/b21-12-. The third-order valence-corrected chi connectivity index (χ3v) is 3.60. The van der Waals surface area contributed by atoms with Gasteiger partial charge in [-0.05, 0) is 55.0 Å². The summed E-state index contributed by atoms with van der Waals surface area (Å²) in [5.74, 6) is -0.186. The summed E-state index contributed by atoms with van der Waals surface area (Å²) in [6, 6.07) is 11.3. The number of rotatable bonds is 7. The van der Waals surface area contributed by atoms with E-state index in [-0.39, 0.29) is 23.5 Å². The molecule has 0 aliphatic carbocycles. The van der Waals surface area contributed by atoms with Crippen LogP contribution in [0.25, 0.3) is 0 Å². The molecule has 0 aromatic heterocycles. The van der Waals surface area contributed by atoms with Gasteiger partial charge in [0.2, 0.25) is 5.91 Å². The zero-order chi connectivity index (χ0) is 19.8. The van der Waals surface area contributed by atoms with Gasteiger partial charge in [0, 0.05) is 17.2 Å². The van der Waals surface area contributed by atoms with Crippen LogP contribution in [-0.2, 0) is 4.79 Å². The molecule has 7 heteroatoms. The van der Waals surface area contributed by atoms with Gasteiger partial charge in [0.25, 0.3) is 5.91 Å². The Morgan fingerprint density at radius 1 is 1.19 bits per heavy atom. The van der Waals surface area contributed by atoms with Gasteiger partial charge in [-0.3, -0.25) is 9.59 Å². The van der Waals surface area contributed by atoms with Crippen molar-refractivity contribution in [3.05, 3.63) is 53.6 Å². The van der Waals surface area contributed by atoms with Gasteiger partial charge in [-0.2, -0.15) is 5.10 Å². The minimum absolute atomic E-state index is 0.0442. The molecule has 2 aromatic carbocycles. The van der Waals surface area contributed by atoms with Crippen LogP contribution in [0.15, 0.2) is 47.6 Å². The molecule has 0 aliphatic rings. The average Bonchev–Trinajstić information content (AvgIpc) is 2.65. The number of phenolic OH excluding ortho intramolecular Hbond substituents is 1. The minimum atomic E-state index is -0.378. The van der Waals surface area contributed by atoms with Crippen molar-refractivity contribution in [1.82, 2.24) is 5.43 Å². The Bertz CT molecular complexity index is 830. The second-order valence-electron chi connectivity index (χ2n) is 6.08. The first kappa shape index (κ1) is 20.0. The lowest BCUT2D eigenvalue weighted by molar-refractivity contribution is -0.118. The molecule has 0 fully saturated rings. The lowest BCUT2D eigenvalue weighted by atomic mass is 10.1. The van der Waals surface area contributed by atoms with E-state index in [0.29, 0.717) is 29.2 Å². The molecular weight excluding hydrogens is 346 g/mol. The maximum atomic E-state index is 12.1. The molecule has 2 amide bonds. The first-order chi connectivity index (χ1) is 12.9. The SMILES string of the molecule is CCOc1cc(/C=N\NC(=O)c2ccc(NC(=O)C(C)C)cc2)ccc1O. The summed E-state index contributed by atoms with van der Waals surface area (Å²) >= 11 is 0. The molecule has 0 unspecified atom stereocenters. The van der Waals surface area contributed by atoms with Gasteiger partial charge in [0.15, 0.2) is 11.5 Å². The van der Waals surface area contributed by atoms with E-state index in [1.165, 1.54) is 12.3 Å². The number of hydrogen-bond acceptors (Lipinski definition) is 5. The number of nitrogens with one attached hydrogen (secondary N) is 2. The number of ether oxygens (including phenoxy) is 1. The number of benzene rings is 2. The van der Waals surface area contributed by atoms with Crippen molar-refractivity contribution in [2.24, 2.45) is 11.0 Å². The van der Waals surface area contributed by atoms with Gasteiger partial charge in [-0.1, -0.05) is 13.8 Å². The zero-order valence-corrected chi connectivity index (χ0v) is 15.5. The van der Waals surface area contributed by atoms with Crippen LogP contribution in [0.1, 0.15) is 36.7 Å². The third-order valence-electron chi connectivity index (χ3n) is 3.60. The van der Waals surface area contributed by atoms with E-state index in [4.69, 9.17) is 4.74 Å². The normalized spacial score (nSPS) is 10.8. The van der Waals surface area contributed by atoms with E-state index >= 15 is 0 Å². The van der Waals surface area contributed by atoms with Crippen LogP contribution in [-0.4, -0.2) is 29.7 Å². The molecule has 142 valence electrons. The van der Waals surface area contributed by atoms with Crippen LogP contribution in [0.2, 0.25) is 0 Å². The summed E-state index contributed by atoms with van der Waals surface area (Å²) < 4.78 is 5.30.